The Morgan fingerprint density at radius 1 is 1.16 bits per heavy atom. The quantitative estimate of drug-likeness (QED) is 0.489. The number of thiazole rings is 1. The van der Waals surface area contributed by atoms with E-state index in [9.17, 15) is 4.79 Å². The molecule has 0 bridgehead atoms. The van der Waals surface area contributed by atoms with Crippen LogP contribution in [0, 0.1) is 6.92 Å². The first kappa shape index (κ1) is 16.1. The Hall–Kier alpha value is -2.44. The summed E-state index contributed by atoms with van der Waals surface area (Å²) in [6.45, 7) is 1.86. The zero-order valence-electron chi connectivity index (χ0n) is 13.4. The Bertz CT molecular complexity index is 1070. The van der Waals surface area contributed by atoms with Gasteiger partial charge in [-0.1, -0.05) is 45.5 Å². The highest BCUT2D eigenvalue weighted by Gasteiger charge is 2.16. The average Bonchev–Trinajstić information content (AvgIpc) is 3.24. The number of nitrogens with one attached hydrogen (secondary N) is 1. The van der Waals surface area contributed by atoms with E-state index < -0.39 is 0 Å². The monoisotopic (exact) mass is 411 g/mol. The van der Waals surface area contributed by atoms with Gasteiger partial charge in [0.1, 0.15) is 4.88 Å². The molecule has 1 amide bonds. The van der Waals surface area contributed by atoms with Gasteiger partial charge >= 0.3 is 0 Å². The summed E-state index contributed by atoms with van der Waals surface area (Å²) in [7, 11) is 0. The van der Waals surface area contributed by atoms with Crippen molar-refractivity contribution in [2.24, 2.45) is 0 Å². The maximum atomic E-state index is 12.7. The van der Waals surface area contributed by atoms with Crippen LogP contribution in [0.25, 0.3) is 15.9 Å². The van der Waals surface area contributed by atoms with Crippen molar-refractivity contribution in [2.45, 2.75) is 6.92 Å². The maximum absolute atomic E-state index is 12.7. The van der Waals surface area contributed by atoms with E-state index in [1.54, 1.807) is 0 Å². The molecule has 6 heteroatoms. The third kappa shape index (κ3) is 3.10. The van der Waals surface area contributed by atoms with E-state index in [-0.39, 0.29) is 5.91 Å². The van der Waals surface area contributed by atoms with E-state index in [0.717, 1.165) is 31.8 Å². The van der Waals surface area contributed by atoms with E-state index in [4.69, 9.17) is 0 Å². The predicted octanol–water partition coefficient (Wildman–Crippen LogP) is 5.41. The van der Waals surface area contributed by atoms with Crippen LogP contribution < -0.4 is 5.32 Å². The highest BCUT2D eigenvalue weighted by Crippen LogP contribution is 2.27. The molecule has 2 heterocycles. The molecule has 0 unspecified atom stereocenters. The molecule has 1 N–H and O–H groups in total. The molecule has 4 rings (SSSR count). The first-order valence-electron chi connectivity index (χ1n) is 7.72. The van der Waals surface area contributed by atoms with Crippen molar-refractivity contribution in [3.8, 4) is 5.13 Å². The molecular weight excluding hydrogens is 398 g/mol. The average molecular weight is 412 g/mol. The Morgan fingerprint density at radius 3 is 2.76 bits per heavy atom. The lowest BCUT2D eigenvalue weighted by Crippen LogP contribution is -2.11. The van der Waals surface area contributed by atoms with Gasteiger partial charge in [-0.15, -0.1) is 0 Å². The van der Waals surface area contributed by atoms with Gasteiger partial charge in [-0.3, -0.25) is 4.79 Å². The molecule has 4 nitrogen and oxygen atoms in total. The van der Waals surface area contributed by atoms with Crippen LogP contribution in [0.1, 0.15) is 15.4 Å². The number of fused-ring (bicyclic) bond motifs is 1. The number of nitrogens with zero attached hydrogens (tertiary/aromatic N) is 2. The molecule has 0 radical (unpaired) electrons. The van der Waals surface area contributed by atoms with Crippen LogP contribution in [0.3, 0.4) is 0 Å². The number of halogens is 1. The lowest BCUT2D eigenvalue weighted by atomic mass is 10.1. The van der Waals surface area contributed by atoms with Gasteiger partial charge in [-0.25, -0.2) is 4.98 Å². The number of aryl methyl sites for hydroxylation is 1. The third-order valence-electron chi connectivity index (χ3n) is 3.90. The van der Waals surface area contributed by atoms with Gasteiger partial charge in [0.2, 0.25) is 0 Å². The fraction of sp³-hybridized carbons (Fsp3) is 0.0526. The Labute approximate surface area is 157 Å². The molecule has 0 aliphatic rings. The zero-order valence-corrected chi connectivity index (χ0v) is 15.8. The van der Waals surface area contributed by atoms with Crippen LogP contribution in [0.5, 0.6) is 0 Å². The number of hydrogen-bond acceptors (Lipinski definition) is 3. The van der Waals surface area contributed by atoms with Crippen molar-refractivity contribution in [1.82, 2.24) is 9.55 Å². The fourth-order valence-electron chi connectivity index (χ4n) is 2.68. The van der Waals surface area contributed by atoms with Crippen LogP contribution in [-0.2, 0) is 0 Å². The molecular formula is C19H14BrN3OS. The van der Waals surface area contributed by atoms with E-state index in [1.807, 2.05) is 72.4 Å². The van der Waals surface area contributed by atoms with Crippen molar-refractivity contribution in [2.75, 3.05) is 5.32 Å². The van der Waals surface area contributed by atoms with Crippen molar-refractivity contribution in [3.63, 3.8) is 0 Å². The number of anilines is 1. The summed E-state index contributed by atoms with van der Waals surface area (Å²) in [6, 6.07) is 15.8. The standard InChI is InChI=1S/C19H14BrN3OS/c1-12-17(25-19(21-12)23-9-2-3-10-23)18(24)22-14-7-8-15-13(11-14)5-4-6-16(15)20/h2-11H,1H3,(H,22,24). The summed E-state index contributed by atoms with van der Waals surface area (Å²) < 4.78 is 2.94. The number of hydrogen-bond donors (Lipinski definition) is 1. The van der Waals surface area contributed by atoms with Gasteiger partial charge in [0.15, 0.2) is 5.13 Å². The van der Waals surface area contributed by atoms with Gasteiger partial charge in [-0.2, -0.15) is 0 Å². The fourth-order valence-corrected chi connectivity index (χ4v) is 4.12. The number of benzene rings is 2. The maximum Gasteiger partial charge on any atom is 0.267 e. The first-order chi connectivity index (χ1) is 12.1. The van der Waals surface area contributed by atoms with Gasteiger partial charge in [0, 0.05) is 22.6 Å². The largest absolute Gasteiger partial charge is 0.321 e. The smallest absolute Gasteiger partial charge is 0.267 e. The molecule has 0 saturated heterocycles. The Morgan fingerprint density at radius 2 is 1.96 bits per heavy atom. The highest BCUT2D eigenvalue weighted by atomic mass is 79.9. The van der Waals surface area contributed by atoms with E-state index >= 15 is 0 Å². The molecule has 4 aromatic rings. The minimum atomic E-state index is -0.136. The van der Waals surface area contributed by atoms with E-state index in [0.29, 0.717) is 4.88 Å². The molecule has 0 fully saturated rings. The number of amides is 1. The SMILES string of the molecule is Cc1nc(-n2cccc2)sc1C(=O)Nc1ccc2c(Br)cccc2c1. The molecule has 0 saturated carbocycles. The lowest BCUT2D eigenvalue weighted by Gasteiger charge is -2.07. The summed E-state index contributed by atoms with van der Waals surface area (Å²) in [5, 5.41) is 5.95. The number of rotatable bonds is 3. The molecule has 0 aliphatic heterocycles. The molecule has 0 atom stereocenters. The Kier molecular flexibility index (Phi) is 4.15. The normalized spacial score (nSPS) is 11.0. The summed E-state index contributed by atoms with van der Waals surface area (Å²) in [5.74, 6) is -0.136. The topological polar surface area (TPSA) is 46.9 Å². The number of aromatic nitrogens is 2. The van der Waals surface area contributed by atoms with Gasteiger partial charge in [0.05, 0.1) is 5.69 Å². The predicted molar refractivity (Wildman–Crippen MR) is 106 cm³/mol. The molecule has 2 aromatic carbocycles. The second-order valence-electron chi connectivity index (χ2n) is 5.63. The van der Waals surface area contributed by atoms with E-state index in [1.165, 1.54) is 11.3 Å². The van der Waals surface area contributed by atoms with Crippen LogP contribution in [0.15, 0.2) is 65.4 Å². The van der Waals surface area contributed by atoms with Crippen LogP contribution in [0.4, 0.5) is 5.69 Å². The van der Waals surface area contributed by atoms with Crippen LogP contribution in [-0.4, -0.2) is 15.5 Å². The zero-order chi connectivity index (χ0) is 17.4. The summed E-state index contributed by atoms with van der Waals surface area (Å²) in [6.07, 6.45) is 3.84. The van der Waals surface area contributed by atoms with Crippen molar-refractivity contribution < 1.29 is 4.79 Å². The van der Waals surface area contributed by atoms with Crippen molar-refractivity contribution in [3.05, 3.63) is 76.0 Å². The minimum absolute atomic E-state index is 0.136. The Balaban J connectivity index is 1.62. The van der Waals surface area contributed by atoms with E-state index in [2.05, 4.69) is 26.2 Å². The summed E-state index contributed by atoms with van der Waals surface area (Å²) in [4.78, 5) is 17.8. The minimum Gasteiger partial charge on any atom is -0.321 e. The van der Waals surface area contributed by atoms with Crippen LogP contribution in [0.2, 0.25) is 0 Å². The van der Waals surface area contributed by atoms with Crippen molar-refractivity contribution in [1.29, 1.82) is 0 Å². The molecule has 0 spiro atoms. The molecule has 2 aromatic heterocycles. The first-order valence-corrected chi connectivity index (χ1v) is 9.33. The van der Waals surface area contributed by atoms with Crippen LogP contribution >= 0.6 is 27.3 Å². The number of carbonyl (C=O) groups is 1. The second kappa shape index (κ2) is 6.46. The number of carbonyl (C=O) groups excluding carboxylic acids is 1. The molecule has 124 valence electrons. The second-order valence-corrected chi connectivity index (χ2v) is 7.46. The highest BCUT2D eigenvalue weighted by molar-refractivity contribution is 9.10. The molecule has 0 aliphatic carbocycles. The summed E-state index contributed by atoms with van der Waals surface area (Å²) >= 11 is 4.93. The van der Waals surface area contributed by atoms with Crippen molar-refractivity contribution >= 4 is 49.6 Å². The van der Waals surface area contributed by atoms with Gasteiger partial charge in [0.25, 0.3) is 5.91 Å². The lowest BCUT2D eigenvalue weighted by molar-refractivity contribution is 0.103. The van der Waals surface area contributed by atoms with Gasteiger partial charge in [-0.05, 0) is 48.0 Å². The molecule has 25 heavy (non-hydrogen) atoms. The summed E-state index contributed by atoms with van der Waals surface area (Å²) in [5.41, 5.74) is 1.50. The van der Waals surface area contributed by atoms with Gasteiger partial charge < -0.3 is 9.88 Å². The third-order valence-corrected chi connectivity index (χ3v) is 5.76.